The Bertz CT molecular complexity index is 678. The number of pyridine rings is 1. The smallest absolute Gasteiger partial charge is 0.121 e. The van der Waals surface area contributed by atoms with Crippen LogP contribution in [0.5, 0.6) is 5.75 Å². The zero-order valence-corrected chi connectivity index (χ0v) is 17.8. The normalized spacial score (nSPS) is 11.3. The van der Waals surface area contributed by atoms with Crippen molar-refractivity contribution in [2.45, 2.75) is 34.6 Å². The van der Waals surface area contributed by atoms with Crippen LogP contribution in [0.1, 0.15) is 33.3 Å². The predicted molar refractivity (Wildman–Crippen MR) is 115 cm³/mol. The van der Waals surface area contributed by atoms with Crippen molar-refractivity contribution in [3.05, 3.63) is 30.0 Å². The van der Waals surface area contributed by atoms with E-state index < -0.39 is 0 Å². The van der Waals surface area contributed by atoms with Gasteiger partial charge in [0.1, 0.15) is 5.75 Å². The average molecular weight is 380 g/mol. The van der Waals surface area contributed by atoms with Crippen LogP contribution in [0.4, 0.5) is 5.69 Å². The maximum atomic E-state index is 5.46. The fraction of sp³-hybridized carbons (Fsp3) is 0.571. The second-order valence-electron chi connectivity index (χ2n) is 7.73. The number of benzene rings is 1. The lowest BCUT2D eigenvalue weighted by molar-refractivity contribution is 0.227. The highest BCUT2D eigenvalue weighted by atomic mass is 35.5. The van der Waals surface area contributed by atoms with E-state index in [1.807, 2.05) is 18.3 Å². The van der Waals surface area contributed by atoms with E-state index in [4.69, 9.17) is 4.74 Å². The fourth-order valence-electron chi connectivity index (χ4n) is 3.22. The minimum Gasteiger partial charge on any atom is -0.497 e. The Morgan fingerprint density at radius 1 is 1.08 bits per heavy atom. The number of nitrogens with zero attached hydrogens (tertiary/aromatic N) is 2. The highest BCUT2D eigenvalue weighted by molar-refractivity contribution is 5.92. The molecule has 0 saturated carbocycles. The summed E-state index contributed by atoms with van der Waals surface area (Å²) in [6, 6.07) is 6.24. The summed E-state index contributed by atoms with van der Waals surface area (Å²) in [4.78, 5) is 7.16. The first kappa shape index (κ1) is 22.5. The molecule has 0 saturated heterocycles. The molecular weight excluding hydrogens is 346 g/mol. The van der Waals surface area contributed by atoms with E-state index in [1.165, 1.54) is 0 Å². The quantitative estimate of drug-likeness (QED) is 0.665. The summed E-state index contributed by atoms with van der Waals surface area (Å²) in [7, 11) is 1.71. The molecule has 0 aliphatic carbocycles. The van der Waals surface area contributed by atoms with Crippen LogP contribution in [0.15, 0.2) is 24.4 Å². The number of fused-ring (bicyclic) bond motifs is 1. The van der Waals surface area contributed by atoms with Gasteiger partial charge in [-0.05, 0) is 36.5 Å². The summed E-state index contributed by atoms with van der Waals surface area (Å²) in [6.45, 7) is 15.4. The third-order valence-corrected chi connectivity index (χ3v) is 4.12. The molecule has 0 radical (unpaired) electrons. The lowest BCUT2D eigenvalue weighted by Crippen LogP contribution is -2.35. The molecule has 4 nitrogen and oxygen atoms in total. The number of methoxy groups -OCH3 is 1. The molecule has 0 amide bonds. The summed E-state index contributed by atoms with van der Waals surface area (Å²) in [5.41, 5.74) is 3.21. The van der Waals surface area contributed by atoms with Gasteiger partial charge in [0.25, 0.3) is 0 Å². The highest BCUT2D eigenvalue weighted by Gasteiger charge is 2.11. The molecule has 0 unspecified atom stereocenters. The molecule has 1 aromatic carbocycles. The maximum Gasteiger partial charge on any atom is 0.121 e. The molecule has 1 aromatic heterocycles. The number of anilines is 1. The number of ether oxygens (including phenoxy) is 1. The van der Waals surface area contributed by atoms with Crippen LogP contribution in [0, 0.1) is 18.8 Å². The molecule has 146 valence electrons. The Labute approximate surface area is 164 Å². The second kappa shape index (κ2) is 10.6. The van der Waals surface area contributed by atoms with Crippen molar-refractivity contribution in [3.8, 4) is 5.75 Å². The van der Waals surface area contributed by atoms with Gasteiger partial charge in [-0.25, -0.2) is 0 Å². The van der Waals surface area contributed by atoms with Crippen molar-refractivity contribution in [2.24, 2.45) is 11.8 Å². The van der Waals surface area contributed by atoms with E-state index in [0.29, 0.717) is 11.8 Å². The SMILES string of the molecule is COc1cc(NCCN(CC(C)C)CC(C)C)c2ncc(C)cc2c1.Cl. The molecule has 1 N–H and O–H groups in total. The summed E-state index contributed by atoms with van der Waals surface area (Å²) in [6.07, 6.45) is 1.92. The van der Waals surface area contributed by atoms with Gasteiger partial charge in [0, 0.05) is 43.8 Å². The Kier molecular flexibility index (Phi) is 9.17. The van der Waals surface area contributed by atoms with Crippen LogP contribution >= 0.6 is 12.4 Å². The number of aromatic nitrogens is 1. The van der Waals surface area contributed by atoms with Gasteiger partial charge >= 0.3 is 0 Å². The maximum absolute atomic E-state index is 5.46. The summed E-state index contributed by atoms with van der Waals surface area (Å²) < 4.78 is 5.46. The largest absolute Gasteiger partial charge is 0.497 e. The second-order valence-corrected chi connectivity index (χ2v) is 7.73. The van der Waals surface area contributed by atoms with Crippen LogP contribution in [0.25, 0.3) is 10.9 Å². The Morgan fingerprint density at radius 3 is 2.31 bits per heavy atom. The fourth-order valence-corrected chi connectivity index (χ4v) is 3.22. The molecule has 2 aromatic rings. The van der Waals surface area contributed by atoms with E-state index in [2.05, 4.69) is 55.9 Å². The number of halogens is 1. The monoisotopic (exact) mass is 379 g/mol. The van der Waals surface area contributed by atoms with E-state index >= 15 is 0 Å². The molecule has 0 fully saturated rings. The lowest BCUT2D eigenvalue weighted by Gasteiger charge is -2.26. The minimum atomic E-state index is 0. The van der Waals surface area contributed by atoms with Crippen molar-refractivity contribution in [2.75, 3.05) is 38.6 Å². The molecule has 2 rings (SSSR count). The predicted octanol–water partition coefficient (Wildman–Crippen LogP) is 5.00. The van der Waals surface area contributed by atoms with Crippen LogP contribution in [0.3, 0.4) is 0 Å². The first-order chi connectivity index (χ1) is 11.9. The van der Waals surface area contributed by atoms with Crippen molar-refractivity contribution in [1.82, 2.24) is 9.88 Å². The van der Waals surface area contributed by atoms with Gasteiger partial charge in [-0.2, -0.15) is 0 Å². The first-order valence-electron chi connectivity index (χ1n) is 9.29. The third kappa shape index (κ3) is 6.65. The molecule has 0 bridgehead atoms. The van der Waals surface area contributed by atoms with E-state index in [9.17, 15) is 0 Å². The molecular formula is C21H34ClN3O. The Hall–Kier alpha value is -1.52. The molecule has 26 heavy (non-hydrogen) atoms. The van der Waals surface area contributed by atoms with Crippen molar-refractivity contribution >= 4 is 29.0 Å². The van der Waals surface area contributed by atoms with Crippen molar-refractivity contribution in [3.63, 3.8) is 0 Å². The van der Waals surface area contributed by atoms with E-state index in [0.717, 1.165) is 54.1 Å². The molecule has 0 aliphatic heterocycles. The summed E-state index contributed by atoms with van der Waals surface area (Å²) >= 11 is 0. The molecule has 0 aliphatic rings. The Balaban J connectivity index is 0.00000338. The van der Waals surface area contributed by atoms with Crippen LogP contribution < -0.4 is 10.1 Å². The van der Waals surface area contributed by atoms with Gasteiger partial charge in [0.05, 0.1) is 18.3 Å². The minimum absolute atomic E-state index is 0. The number of hydrogen-bond donors (Lipinski definition) is 1. The number of aryl methyl sites for hydroxylation is 1. The molecule has 0 spiro atoms. The van der Waals surface area contributed by atoms with E-state index in [1.54, 1.807) is 7.11 Å². The number of hydrogen-bond acceptors (Lipinski definition) is 4. The molecule has 0 atom stereocenters. The molecule has 5 heteroatoms. The van der Waals surface area contributed by atoms with Crippen molar-refractivity contribution < 1.29 is 4.74 Å². The van der Waals surface area contributed by atoms with Gasteiger partial charge in [-0.3, -0.25) is 4.98 Å². The highest BCUT2D eigenvalue weighted by Crippen LogP contribution is 2.28. The topological polar surface area (TPSA) is 37.4 Å². The van der Waals surface area contributed by atoms with Crippen molar-refractivity contribution in [1.29, 1.82) is 0 Å². The van der Waals surface area contributed by atoms with Gasteiger partial charge < -0.3 is 15.0 Å². The summed E-state index contributed by atoms with van der Waals surface area (Å²) in [5.74, 6) is 2.23. The van der Waals surface area contributed by atoms with Gasteiger partial charge in [-0.15, -0.1) is 12.4 Å². The Morgan fingerprint density at radius 2 is 1.73 bits per heavy atom. The lowest BCUT2D eigenvalue weighted by atomic mass is 10.1. The van der Waals surface area contributed by atoms with Gasteiger partial charge in [0.15, 0.2) is 0 Å². The van der Waals surface area contributed by atoms with Crippen LogP contribution in [-0.2, 0) is 0 Å². The van der Waals surface area contributed by atoms with E-state index in [-0.39, 0.29) is 12.4 Å². The average Bonchev–Trinajstić information content (AvgIpc) is 2.52. The third-order valence-electron chi connectivity index (χ3n) is 4.12. The zero-order chi connectivity index (χ0) is 18.4. The molecule has 1 heterocycles. The number of rotatable bonds is 9. The van der Waals surface area contributed by atoms with Crippen LogP contribution in [0.2, 0.25) is 0 Å². The van der Waals surface area contributed by atoms with Gasteiger partial charge in [-0.1, -0.05) is 27.7 Å². The number of nitrogens with one attached hydrogen (secondary N) is 1. The summed E-state index contributed by atoms with van der Waals surface area (Å²) in [5, 5.41) is 4.69. The zero-order valence-electron chi connectivity index (χ0n) is 17.0. The van der Waals surface area contributed by atoms with Crippen LogP contribution in [-0.4, -0.2) is 43.2 Å². The standard InChI is InChI=1S/C21H33N3O.ClH/c1-15(2)13-24(14-16(3)4)8-7-22-20-11-19(25-6)10-18-9-17(5)12-23-21(18)20;/h9-12,15-16,22H,7-8,13-14H2,1-6H3;1H. The first-order valence-corrected chi connectivity index (χ1v) is 9.29. The van der Waals surface area contributed by atoms with Gasteiger partial charge in [0.2, 0.25) is 0 Å².